The summed E-state index contributed by atoms with van der Waals surface area (Å²) in [6, 6.07) is -0.727. The molecule has 3 N–H and O–H groups in total. The predicted molar refractivity (Wildman–Crippen MR) is 277 cm³/mol. The molecule has 366 valence electrons. The molecule has 3 atom stereocenters. The summed E-state index contributed by atoms with van der Waals surface area (Å²) < 4.78 is 5.91. The van der Waals surface area contributed by atoms with E-state index in [1.807, 2.05) is 24.3 Å². The Bertz CT molecular complexity index is 1270. The maximum atomic E-state index is 13.2. The van der Waals surface area contributed by atoms with Crippen LogP contribution < -0.4 is 5.32 Å². The molecular weight excluding hydrogens is 791 g/mol. The van der Waals surface area contributed by atoms with E-state index in [0.717, 1.165) is 96.3 Å². The van der Waals surface area contributed by atoms with Gasteiger partial charge in [0.25, 0.3) is 0 Å². The van der Waals surface area contributed by atoms with Crippen LogP contribution in [0.5, 0.6) is 0 Å². The highest BCUT2D eigenvalue weighted by Crippen LogP contribution is 2.17. The third-order valence-electron chi connectivity index (χ3n) is 11.5. The van der Waals surface area contributed by atoms with Crippen LogP contribution in [0.15, 0.2) is 97.2 Å². The van der Waals surface area contributed by atoms with Gasteiger partial charge in [0.2, 0.25) is 5.91 Å². The van der Waals surface area contributed by atoms with E-state index in [2.05, 4.69) is 99.0 Å². The van der Waals surface area contributed by atoms with Crippen LogP contribution in [0.2, 0.25) is 0 Å². The molecule has 0 aromatic rings. The Labute approximate surface area is 395 Å². The van der Waals surface area contributed by atoms with Gasteiger partial charge in [-0.1, -0.05) is 227 Å². The van der Waals surface area contributed by atoms with Gasteiger partial charge in [0.15, 0.2) is 0 Å². The van der Waals surface area contributed by atoms with Crippen molar-refractivity contribution in [1.29, 1.82) is 0 Å². The molecule has 0 aliphatic heterocycles. The number of carbonyl (C=O) groups is 2. The molecule has 0 rings (SSSR count). The highest BCUT2D eigenvalue weighted by atomic mass is 16.5. The summed E-state index contributed by atoms with van der Waals surface area (Å²) in [7, 11) is 0. The second-order valence-electron chi connectivity index (χ2n) is 17.6. The molecule has 0 aromatic carbocycles. The monoisotopic (exact) mass is 890 g/mol. The SMILES string of the molecule is CC/C=C/C=C/C=C/C=C\CCCCCC(CC(=O)NC(CO)C(O)CCCCCCCCCCCCCCC)OC(=O)CCCCC/C=C\C/C=C\C/C=C\C/C=C\CCCCC. The molecule has 0 bridgehead atoms. The molecule has 0 aliphatic carbocycles. The quantitative estimate of drug-likeness (QED) is 0.0245. The van der Waals surface area contributed by atoms with E-state index in [0.29, 0.717) is 19.3 Å². The molecule has 0 heterocycles. The van der Waals surface area contributed by atoms with Crippen LogP contribution in [0, 0.1) is 0 Å². The van der Waals surface area contributed by atoms with Crippen LogP contribution in [0.25, 0.3) is 0 Å². The van der Waals surface area contributed by atoms with Crippen LogP contribution >= 0.6 is 0 Å². The van der Waals surface area contributed by atoms with Crippen molar-refractivity contribution in [3.8, 4) is 0 Å². The van der Waals surface area contributed by atoms with Crippen molar-refractivity contribution in [3.05, 3.63) is 97.2 Å². The number of ether oxygens (including phenoxy) is 1. The van der Waals surface area contributed by atoms with E-state index >= 15 is 0 Å². The first-order valence-corrected chi connectivity index (χ1v) is 26.5. The highest BCUT2D eigenvalue weighted by Gasteiger charge is 2.24. The van der Waals surface area contributed by atoms with Gasteiger partial charge in [-0.05, 0) is 89.9 Å². The molecule has 6 heteroatoms. The van der Waals surface area contributed by atoms with Gasteiger partial charge in [0.05, 0.1) is 25.2 Å². The zero-order chi connectivity index (χ0) is 46.7. The fourth-order valence-corrected chi connectivity index (χ4v) is 7.48. The molecule has 6 nitrogen and oxygen atoms in total. The van der Waals surface area contributed by atoms with Crippen molar-refractivity contribution < 1.29 is 24.5 Å². The number of amides is 1. The number of aliphatic hydroxyl groups excluding tert-OH is 2. The Balaban J connectivity index is 4.68. The smallest absolute Gasteiger partial charge is 0.306 e. The normalized spacial score (nSPS) is 14.0. The van der Waals surface area contributed by atoms with Gasteiger partial charge >= 0.3 is 5.97 Å². The van der Waals surface area contributed by atoms with Crippen LogP contribution in [0.1, 0.15) is 233 Å². The summed E-state index contributed by atoms with van der Waals surface area (Å²) in [6.45, 7) is 6.29. The van der Waals surface area contributed by atoms with Gasteiger partial charge in [-0.2, -0.15) is 0 Å². The highest BCUT2D eigenvalue weighted by molar-refractivity contribution is 5.77. The summed E-state index contributed by atoms with van der Waals surface area (Å²) in [4.78, 5) is 26.2. The molecule has 1 amide bonds. The second kappa shape index (κ2) is 50.8. The zero-order valence-electron chi connectivity index (χ0n) is 41.6. The van der Waals surface area contributed by atoms with E-state index in [1.54, 1.807) is 0 Å². The Hall–Kier alpha value is -3.22. The van der Waals surface area contributed by atoms with Crippen LogP contribution in [-0.2, 0) is 14.3 Å². The van der Waals surface area contributed by atoms with Crippen molar-refractivity contribution in [2.24, 2.45) is 0 Å². The number of aliphatic hydroxyl groups is 2. The minimum atomic E-state index is -0.810. The summed E-state index contributed by atoms with van der Waals surface area (Å²) in [5.41, 5.74) is 0. The average molecular weight is 890 g/mol. The lowest BCUT2D eigenvalue weighted by Crippen LogP contribution is -2.46. The van der Waals surface area contributed by atoms with E-state index < -0.39 is 18.2 Å². The van der Waals surface area contributed by atoms with Gasteiger partial charge in [-0.15, -0.1) is 0 Å². The minimum Gasteiger partial charge on any atom is -0.462 e. The number of unbranched alkanes of at least 4 members (excludes halogenated alkanes) is 21. The van der Waals surface area contributed by atoms with Gasteiger partial charge in [0.1, 0.15) is 6.10 Å². The summed E-state index contributed by atoms with van der Waals surface area (Å²) in [6.07, 6.45) is 67.5. The number of rotatable bonds is 46. The molecule has 0 saturated carbocycles. The summed E-state index contributed by atoms with van der Waals surface area (Å²) in [5.74, 6) is -0.556. The predicted octanol–water partition coefficient (Wildman–Crippen LogP) is 16.1. The van der Waals surface area contributed by atoms with Crippen molar-refractivity contribution in [2.45, 2.75) is 251 Å². The molecule has 0 saturated heterocycles. The number of esters is 1. The fourth-order valence-electron chi connectivity index (χ4n) is 7.48. The lowest BCUT2D eigenvalue weighted by atomic mass is 10.0. The Morgan fingerprint density at radius 3 is 1.45 bits per heavy atom. The second-order valence-corrected chi connectivity index (χ2v) is 17.6. The maximum Gasteiger partial charge on any atom is 0.306 e. The first-order valence-electron chi connectivity index (χ1n) is 26.5. The van der Waals surface area contributed by atoms with Gasteiger partial charge in [-0.25, -0.2) is 0 Å². The topological polar surface area (TPSA) is 95.9 Å². The largest absolute Gasteiger partial charge is 0.462 e. The lowest BCUT2D eigenvalue weighted by Gasteiger charge is -2.24. The first-order chi connectivity index (χ1) is 31.5. The van der Waals surface area contributed by atoms with Crippen LogP contribution in [-0.4, -0.2) is 46.9 Å². The van der Waals surface area contributed by atoms with Crippen molar-refractivity contribution >= 4 is 11.9 Å². The van der Waals surface area contributed by atoms with Crippen molar-refractivity contribution in [1.82, 2.24) is 5.32 Å². The van der Waals surface area contributed by atoms with E-state index in [4.69, 9.17) is 4.74 Å². The molecule has 0 aromatic heterocycles. The van der Waals surface area contributed by atoms with Crippen molar-refractivity contribution in [2.75, 3.05) is 6.61 Å². The number of allylic oxidation sites excluding steroid dienone is 16. The Morgan fingerprint density at radius 1 is 0.484 bits per heavy atom. The molecule has 0 aliphatic rings. The maximum absolute atomic E-state index is 13.2. The van der Waals surface area contributed by atoms with Crippen LogP contribution in [0.4, 0.5) is 0 Å². The average Bonchev–Trinajstić information content (AvgIpc) is 3.29. The third-order valence-corrected chi connectivity index (χ3v) is 11.5. The first kappa shape index (κ1) is 60.8. The van der Waals surface area contributed by atoms with Gasteiger partial charge < -0.3 is 20.3 Å². The standard InChI is InChI=1S/C58H99NO5/c1-4-7-10-13-16-19-22-25-26-27-28-29-30-33-36-39-42-45-48-51-58(63)64-54(49-46-43-40-37-34-31-23-20-17-14-11-8-5-2)52-57(62)59-55(53-60)56(61)50-47-44-41-38-35-32-24-21-18-15-12-9-6-3/h8,11,14,16-17,19-20,23,25-26,28-29,31,33-34,36,54-56,60-61H,4-7,9-10,12-13,15,18,21-22,24,27,30,32,35,37-53H2,1-3H3,(H,59,62)/b11-8+,17-14+,19-16-,23-20+,26-25-,29-28-,34-31-,36-33-. The Morgan fingerprint density at radius 2 is 0.906 bits per heavy atom. The van der Waals surface area contributed by atoms with Crippen LogP contribution in [0.3, 0.4) is 0 Å². The van der Waals surface area contributed by atoms with E-state index in [1.165, 1.54) is 89.9 Å². The molecule has 0 radical (unpaired) electrons. The van der Waals surface area contributed by atoms with Gasteiger partial charge in [-0.3, -0.25) is 9.59 Å². The molecule has 3 unspecified atom stereocenters. The lowest BCUT2D eigenvalue weighted by molar-refractivity contribution is -0.151. The summed E-state index contributed by atoms with van der Waals surface area (Å²) in [5, 5.41) is 23.8. The van der Waals surface area contributed by atoms with Gasteiger partial charge in [0, 0.05) is 6.42 Å². The Kier molecular flexibility index (Phi) is 48.2. The molecule has 0 fully saturated rings. The molecule has 64 heavy (non-hydrogen) atoms. The van der Waals surface area contributed by atoms with Crippen molar-refractivity contribution in [3.63, 3.8) is 0 Å². The zero-order valence-corrected chi connectivity index (χ0v) is 41.6. The fraction of sp³-hybridized carbons (Fsp3) is 0.690. The number of hydrogen-bond donors (Lipinski definition) is 3. The summed E-state index contributed by atoms with van der Waals surface area (Å²) >= 11 is 0. The molecule has 0 spiro atoms. The van der Waals surface area contributed by atoms with E-state index in [9.17, 15) is 19.8 Å². The number of hydrogen-bond acceptors (Lipinski definition) is 5. The number of nitrogens with one attached hydrogen (secondary N) is 1. The third kappa shape index (κ3) is 45.4. The van der Waals surface area contributed by atoms with E-state index in [-0.39, 0.29) is 24.9 Å². The molecular formula is C58H99NO5. The number of carbonyl (C=O) groups excluding carboxylic acids is 2. The minimum absolute atomic E-state index is 0.0332.